The smallest absolute Gasteiger partial charge is 0.373 e. The highest BCUT2D eigenvalue weighted by Gasteiger charge is 2.21. The molecule has 0 amide bonds. The van der Waals surface area contributed by atoms with E-state index < -0.39 is 5.97 Å². The van der Waals surface area contributed by atoms with E-state index in [2.05, 4.69) is 9.64 Å². The van der Waals surface area contributed by atoms with Gasteiger partial charge in [0.1, 0.15) is 5.76 Å². The molecule has 6 nitrogen and oxygen atoms in total. The number of carbonyl (C=O) groups excluding carboxylic acids is 1. The second kappa shape index (κ2) is 5.99. The maximum atomic E-state index is 11.2. The van der Waals surface area contributed by atoms with Crippen molar-refractivity contribution in [1.29, 1.82) is 0 Å². The molecule has 1 aliphatic heterocycles. The monoisotopic (exact) mass is 255 g/mol. The van der Waals surface area contributed by atoms with Crippen molar-refractivity contribution < 1.29 is 23.8 Å². The molecule has 0 spiro atoms. The van der Waals surface area contributed by atoms with E-state index in [1.54, 1.807) is 12.1 Å². The summed E-state index contributed by atoms with van der Waals surface area (Å²) in [5, 5.41) is 9.05. The number of rotatable bonds is 4. The Morgan fingerprint density at radius 2 is 2.44 bits per heavy atom. The number of aliphatic hydroxyl groups is 1. The molecule has 1 fully saturated rings. The zero-order valence-electron chi connectivity index (χ0n) is 10.3. The maximum absolute atomic E-state index is 11.2. The Bertz CT molecular complexity index is 403. The van der Waals surface area contributed by atoms with Gasteiger partial charge >= 0.3 is 5.97 Å². The van der Waals surface area contributed by atoms with Crippen molar-refractivity contribution in [2.75, 3.05) is 33.4 Å². The van der Waals surface area contributed by atoms with Crippen LogP contribution in [0, 0.1) is 0 Å². The second-order valence-electron chi connectivity index (χ2n) is 4.17. The number of aliphatic hydroxyl groups excluding tert-OH is 1. The minimum Gasteiger partial charge on any atom is -0.463 e. The molecule has 2 heterocycles. The minimum absolute atomic E-state index is 0.0159. The van der Waals surface area contributed by atoms with Gasteiger partial charge < -0.3 is 19.0 Å². The fourth-order valence-electron chi connectivity index (χ4n) is 1.93. The van der Waals surface area contributed by atoms with E-state index in [4.69, 9.17) is 14.3 Å². The van der Waals surface area contributed by atoms with Gasteiger partial charge in [0.15, 0.2) is 0 Å². The Morgan fingerprint density at radius 3 is 3.17 bits per heavy atom. The fraction of sp³-hybridized carbons (Fsp3) is 0.583. The van der Waals surface area contributed by atoms with Gasteiger partial charge in [0.05, 0.1) is 33.0 Å². The molecule has 1 atom stereocenters. The van der Waals surface area contributed by atoms with Crippen molar-refractivity contribution in [1.82, 2.24) is 4.90 Å². The molecule has 1 saturated heterocycles. The number of nitrogens with zero attached hydrogens (tertiary/aromatic N) is 1. The summed E-state index contributed by atoms with van der Waals surface area (Å²) >= 11 is 0. The number of furan rings is 1. The van der Waals surface area contributed by atoms with E-state index in [0.717, 1.165) is 6.54 Å². The highest BCUT2D eigenvalue weighted by atomic mass is 16.5. The van der Waals surface area contributed by atoms with Gasteiger partial charge in [-0.05, 0) is 12.1 Å². The number of hydrogen-bond acceptors (Lipinski definition) is 6. The highest BCUT2D eigenvalue weighted by Crippen LogP contribution is 2.14. The van der Waals surface area contributed by atoms with Crippen molar-refractivity contribution in [2.24, 2.45) is 0 Å². The molecule has 0 saturated carbocycles. The standard InChI is InChI=1S/C12H17NO5/c1-16-12(15)11-3-2-9(18-11)6-13-4-5-17-10(7-13)8-14/h2-3,10,14H,4-8H2,1H3. The van der Waals surface area contributed by atoms with E-state index in [9.17, 15) is 4.79 Å². The van der Waals surface area contributed by atoms with Crippen LogP contribution in [-0.2, 0) is 16.0 Å². The van der Waals surface area contributed by atoms with Crippen LogP contribution in [0.3, 0.4) is 0 Å². The second-order valence-corrected chi connectivity index (χ2v) is 4.17. The lowest BCUT2D eigenvalue weighted by Gasteiger charge is -2.31. The van der Waals surface area contributed by atoms with Gasteiger partial charge in [0, 0.05) is 13.1 Å². The molecule has 6 heteroatoms. The summed E-state index contributed by atoms with van der Waals surface area (Å²) in [5.41, 5.74) is 0. The maximum Gasteiger partial charge on any atom is 0.373 e. The van der Waals surface area contributed by atoms with Gasteiger partial charge in [-0.25, -0.2) is 4.79 Å². The first-order valence-corrected chi connectivity index (χ1v) is 5.84. The molecule has 2 rings (SSSR count). The summed E-state index contributed by atoms with van der Waals surface area (Å²) in [6.07, 6.45) is -0.145. The Morgan fingerprint density at radius 1 is 1.61 bits per heavy atom. The largest absolute Gasteiger partial charge is 0.463 e. The van der Waals surface area contributed by atoms with Crippen LogP contribution in [0.4, 0.5) is 0 Å². The van der Waals surface area contributed by atoms with Gasteiger partial charge in [-0.3, -0.25) is 4.90 Å². The first-order chi connectivity index (χ1) is 8.72. The number of hydrogen-bond donors (Lipinski definition) is 1. The van der Waals surface area contributed by atoms with Crippen LogP contribution < -0.4 is 0 Å². The zero-order valence-corrected chi connectivity index (χ0v) is 10.3. The van der Waals surface area contributed by atoms with Crippen molar-refractivity contribution >= 4 is 5.97 Å². The highest BCUT2D eigenvalue weighted by molar-refractivity contribution is 5.86. The van der Waals surface area contributed by atoms with E-state index in [1.165, 1.54) is 7.11 Å². The minimum atomic E-state index is -0.475. The van der Waals surface area contributed by atoms with Crippen LogP contribution in [0.5, 0.6) is 0 Å². The Hall–Kier alpha value is -1.37. The van der Waals surface area contributed by atoms with Crippen LogP contribution >= 0.6 is 0 Å². The molecule has 1 aliphatic rings. The van der Waals surface area contributed by atoms with Crippen molar-refractivity contribution in [3.63, 3.8) is 0 Å². The zero-order chi connectivity index (χ0) is 13.0. The first-order valence-electron chi connectivity index (χ1n) is 5.84. The Kier molecular flexibility index (Phi) is 4.35. The third kappa shape index (κ3) is 3.10. The predicted octanol–water partition coefficient (Wildman–Crippen LogP) is 0.259. The van der Waals surface area contributed by atoms with E-state index in [-0.39, 0.29) is 18.5 Å². The van der Waals surface area contributed by atoms with Gasteiger partial charge in [0.2, 0.25) is 5.76 Å². The molecule has 1 aromatic heterocycles. The lowest BCUT2D eigenvalue weighted by atomic mass is 10.2. The van der Waals surface area contributed by atoms with Crippen molar-refractivity contribution in [2.45, 2.75) is 12.6 Å². The summed E-state index contributed by atoms with van der Waals surface area (Å²) in [6.45, 7) is 2.64. The van der Waals surface area contributed by atoms with Crippen LogP contribution in [0.2, 0.25) is 0 Å². The fourth-order valence-corrected chi connectivity index (χ4v) is 1.93. The number of carbonyl (C=O) groups is 1. The quantitative estimate of drug-likeness (QED) is 0.778. The number of morpholine rings is 1. The van der Waals surface area contributed by atoms with E-state index in [1.807, 2.05) is 0 Å². The van der Waals surface area contributed by atoms with Crippen molar-refractivity contribution in [3.8, 4) is 0 Å². The van der Waals surface area contributed by atoms with E-state index in [0.29, 0.717) is 25.5 Å². The normalized spacial score (nSPS) is 20.9. The molecule has 100 valence electrons. The molecule has 0 aromatic carbocycles. The predicted molar refractivity (Wildman–Crippen MR) is 62.2 cm³/mol. The van der Waals surface area contributed by atoms with E-state index >= 15 is 0 Å². The number of methoxy groups -OCH3 is 1. The lowest BCUT2D eigenvalue weighted by Crippen LogP contribution is -2.43. The molecule has 0 bridgehead atoms. The molecule has 1 aromatic rings. The average molecular weight is 255 g/mol. The average Bonchev–Trinajstić information content (AvgIpc) is 2.86. The van der Waals surface area contributed by atoms with Crippen LogP contribution in [0.15, 0.2) is 16.5 Å². The number of esters is 1. The third-order valence-corrected chi connectivity index (χ3v) is 2.85. The Labute approximate surface area is 105 Å². The topological polar surface area (TPSA) is 72.1 Å². The van der Waals surface area contributed by atoms with Crippen LogP contribution in [-0.4, -0.2) is 55.5 Å². The summed E-state index contributed by atoms with van der Waals surface area (Å²) in [5.74, 6) is 0.435. The molecule has 1 N–H and O–H groups in total. The van der Waals surface area contributed by atoms with Crippen molar-refractivity contribution in [3.05, 3.63) is 23.7 Å². The Balaban J connectivity index is 1.92. The van der Waals surface area contributed by atoms with Crippen LogP contribution in [0.25, 0.3) is 0 Å². The SMILES string of the molecule is COC(=O)c1ccc(CN2CCOC(CO)C2)o1. The van der Waals surface area contributed by atoms with Gasteiger partial charge in [-0.15, -0.1) is 0 Å². The van der Waals surface area contributed by atoms with Gasteiger partial charge in [-0.1, -0.05) is 0 Å². The molecule has 1 unspecified atom stereocenters. The summed E-state index contributed by atoms with van der Waals surface area (Å²) in [7, 11) is 1.32. The van der Waals surface area contributed by atoms with Crippen LogP contribution in [0.1, 0.15) is 16.3 Å². The number of ether oxygens (including phenoxy) is 2. The third-order valence-electron chi connectivity index (χ3n) is 2.85. The summed E-state index contributed by atoms with van der Waals surface area (Å²) < 4.78 is 15.3. The lowest BCUT2D eigenvalue weighted by molar-refractivity contribution is -0.0565. The molecular formula is C12H17NO5. The molecule has 18 heavy (non-hydrogen) atoms. The summed E-state index contributed by atoms with van der Waals surface area (Å²) in [4.78, 5) is 13.4. The van der Waals surface area contributed by atoms with Gasteiger partial charge in [-0.2, -0.15) is 0 Å². The first kappa shape index (κ1) is 13.1. The molecule has 0 radical (unpaired) electrons. The molecular weight excluding hydrogens is 238 g/mol. The summed E-state index contributed by atoms with van der Waals surface area (Å²) in [6, 6.07) is 3.36. The molecule has 0 aliphatic carbocycles. The van der Waals surface area contributed by atoms with Gasteiger partial charge in [0.25, 0.3) is 0 Å².